The molecule has 2 amide bonds. The van der Waals surface area contributed by atoms with Crippen LogP contribution in [0, 0.1) is 0 Å². The van der Waals surface area contributed by atoms with E-state index in [1.165, 1.54) is 16.7 Å². The summed E-state index contributed by atoms with van der Waals surface area (Å²) in [5.74, 6) is -0.273. The van der Waals surface area contributed by atoms with E-state index in [1.807, 2.05) is 0 Å². The van der Waals surface area contributed by atoms with Crippen LogP contribution in [0.3, 0.4) is 0 Å². The lowest BCUT2D eigenvalue weighted by atomic mass is 10.2. The molecule has 1 atom stereocenters. The van der Waals surface area contributed by atoms with Gasteiger partial charge in [-0.25, -0.2) is 0 Å². The van der Waals surface area contributed by atoms with Crippen molar-refractivity contribution in [1.82, 2.24) is 20.0 Å². The van der Waals surface area contributed by atoms with Gasteiger partial charge in [0.05, 0.1) is 19.8 Å². The Balaban J connectivity index is 1.85. The molecule has 22 heavy (non-hydrogen) atoms. The Hall–Kier alpha value is -2.09. The van der Waals surface area contributed by atoms with Crippen molar-refractivity contribution >= 4 is 11.8 Å². The summed E-state index contributed by atoms with van der Waals surface area (Å²) < 4.78 is 12.0. The van der Waals surface area contributed by atoms with Crippen molar-refractivity contribution in [3.05, 3.63) is 11.8 Å². The van der Waals surface area contributed by atoms with E-state index in [0.717, 1.165) is 19.4 Å². The van der Waals surface area contributed by atoms with Gasteiger partial charge in [0.2, 0.25) is 11.8 Å². The van der Waals surface area contributed by atoms with Crippen molar-refractivity contribution in [2.45, 2.75) is 18.9 Å². The van der Waals surface area contributed by atoms with Crippen LogP contribution in [0.5, 0.6) is 5.88 Å². The number of nitrogens with one attached hydrogen (secondary N) is 1. The van der Waals surface area contributed by atoms with E-state index in [2.05, 4.69) is 10.4 Å². The molecular weight excluding hydrogens is 288 g/mol. The quantitative estimate of drug-likeness (QED) is 0.786. The highest BCUT2D eigenvalue weighted by molar-refractivity contribution is 5.98. The number of aryl methyl sites for hydroxylation is 1. The number of carbonyl (C=O) groups excluding carboxylic acids is 2. The van der Waals surface area contributed by atoms with Gasteiger partial charge in [-0.1, -0.05) is 0 Å². The van der Waals surface area contributed by atoms with Crippen molar-refractivity contribution in [2.75, 3.05) is 33.9 Å². The highest BCUT2D eigenvalue weighted by Gasteiger charge is 2.22. The van der Waals surface area contributed by atoms with E-state index in [0.29, 0.717) is 12.1 Å². The smallest absolute Gasteiger partial charge is 0.261 e. The first kappa shape index (κ1) is 16.3. The highest BCUT2D eigenvalue weighted by atomic mass is 16.5. The molecule has 0 saturated carbocycles. The molecule has 0 aromatic carbocycles. The van der Waals surface area contributed by atoms with Crippen molar-refractivity contribution in [1.29, 1.82) is 0 Å². The minimum Gasteiger partial charge on any atom is -0.479 e. The monoisotopic (exact) mass is 310 g/mol. The zero-order valence-corrected chi connectivity index (χ0v) is 13.2. The molecular formula is C14H22N4O4. The largest absolute Gasteiger partial charge is 0.479 e. The van der Waals surface area contributed by atoms with Crippen molar-refractivity contribution in [3.63, 3.8) is 0 Å². The molecule has 0 bridgehead atoms. The Labute approximate surface area is 129 Å². The first-order chi connectivity index (χ1) is 10.5. The Bertz CT molecular complexity index is 537. The Morgan fingerprint density at radius 1 is 1.59 bits per heavy atom. The van der Waals surface area contributed by atoms with E-state index in [-0.39, 0.29) is 30.3 Å². The third kappa shape index (κ3) is 3.97. The Kier molecular flexibility index (Phi) is 5.37. The van der Waals surface area contributed by atoms with Gasteiger partial charge in [0.15, 0.2) is 0 Å². The van der Waals surface area contributed by atoms with Gasteiger partial charge in [-0.15, -0.1) is 5.10 Å². The number of likely N-dealkylation sites (N-methyl/N-ethyl adjacent to an activating group) is 1. The molecule has 122 valence electrons. The summed E-state index contributed by atoms with van der Waals surface area (Å²) in [6, 6.07) is 0. The molecule has 0 spiro atoms. The van der Waals surface area contributed by atoms with Gasteiger partial charge in [0, 0.05) is 33.4 Å². The summed E-state index contributed by atoms with van der Waals surface area (Å²) in [6.45, 7) is 1.21. The number of nitrogens with zero attached hydrogens (tertiary/aromatic N) is 3. The molecule has 8 heteroatoms. The molecule has 1 aromatic rings. The fourth-order valence-electron chi connectivity index (χ4n) is 2.35. The first-order valence-corrected chi connectivity index (χ1v) is 7.22. The standard InChI is InChI=1S/C14H22N4O4/c1-17(9-12(19)15-7-10-5-4-6-22-10)14(20)11-8-18(2)16-13(11)21-3/h8,10H,4-7,9H2,1-3H3,(H,15,19). The van der Waals surface area contributed by atoms with E-state index in [1.54, 1.807) is 20.3 Å². The van der Waals surface area contributed by atoms with Crippen molar-refractivity contribution in [2.24, 2.45) is 7.05 Å². The zero-order valence-electron chi connectivity index (χ0n) is 13.2. The van der Waals surface area contributed by atoms with Gasteiger partial charge < -0.3 is 19.7 Å². The van der Waals surface area contributed by atoms with Gasteiger partial charge >= 0.3 is 0 Å². The first-order valence-electron chi connectivity index (χ1n) is 7.22. The second-order valence-corrected chi connectivity index (χ2v) is 5.33. The third-order valence-corrected chi connectivity index (χ3v) is 3.50. The van der Waals surface area contributed by atoms with Gasteiger partial charge in [-0.2, -0.15) is 0 Å². The van der Waals surface area contributed by atoms with Gasteiger partial charge in [0.1, 0.15) is 5.56 Å². The topological polar surface area (TPSA) is 85.7 Å². The number of rotatable bonds is 6. The van der Waals surface area contributed by atoms with Crippen molar-refractivity contribution < 1.29 is 19.1 Å². The van der Waals surface area contributed by atoms with E-state index in [9.17, 15) is 9.59 Å². The lowest BCUT2D eigenvalue weighted by Gasteiger charge is -2.17. The molecule has 0 radical (unpaired) electrons. The Morgan fingerprint density at radius 3 is 3.00 bits per heavy atom. The second kappa shape index (κ2) is 7.26. The molecule has 1 saturated heterocycles. The summed E-state index contributed by atoms with van der Waals surface area (Å²) in [7, 11) is 4.72. The average molecular weight is 310 g/mol. The molecule has 1 N–H and O–H groups in total. The highest BCUT2D eigenvalue weighted by Crippen LogP contribution is 2.16. The maximum Gasteiger partial charge on any atom is 0.261 e. The molecule has 1 aromatic heterocycles. The zero-order chi connectivity index (χ0) is 16.1. The SMILES string of the molecule is COc1nn(C)cc1C(=O)N(C)CC(=O)NCC1CCCO1. The molecule has 1 aliphatic heterocycles. The number of methoxy groups -OCH3 is 1. The molecule has 1 unspecified atom stereocenters. The number of aromatic nitrogens is 2. The van der Waals surface area contributed by atoms with Crippen LogP contribution in [0.1, 0.15) is 23.2 Å². The summed E-state index contributed by atoms with van der Waals surface area (Å²) in [5.41, 5.74) is 0.333. The fourth-order valence-corrected chi connectivity index (χ4v) is 2.35. The summed E-state index contributed by atoms with van der Waals surface area (Å²) in [5, 5.41) is 6.82. The van der Waals surface area contributed by atoms with Crippen LogP contribution in [-0.4, -0.2) is 66.5 Å². The minimum atomic E-state index is -0.308. The summed E-state index contributed by atoms with van der Waals surface area (Å²) in [4.78, 5) is 25.6. The number of ether oxygens (including phenoxy) is 2. The lowest BCUT2D eigenvalue weighted by molar-refractivity contribution is -0.122. The van der Waals surface area contributed by atoms with Gasteiger partial charge in [0.25, 0.3) is 5.91 Å². The molecule has 1 aliphatic rings. The van der Waals surface area contributed by atoms with Gasteiger partial charge in [-0.05, 0) is 12.8 Å². The average Bonchev–Trinajstić information content (AvgIpc) is 3.13. The number of carbonyl (C=O) groups is 2. The minimum absolute atomic E-state index is 0.0242. The van der Waals surface area contributed by atoms with Crippen LogP contribution < -0.4 is 10.1 Å². The van der Waals surface area contributed by atoms with E-state index < -0.39 is 0 Å². The van der Waals surface area contributed by atoms with Crippen LogP contribution in [0.4, 0.5) is 0 Å². The second-order valence-electron chi connectivity index (χ2n) is 5.33. The maximum atomic E-state index is 12.3. The molecule has 1 fully saturated rings. The predicted molar refractivity (Wildman–Crippen MR) is 78.7 cm³/mol. The normalized spacial score (nSPS) is 17.3. The van der Waals surface area contributed by atoms with Crippen LogP contribution in [0.2, 0.25) is 0 Å². The number of hydrogen-bond donors (Lipinski definition) is 1. The van der Waals surface area contributed by atoms with Crippen LogP contribution in [0.15, 0.2) is 6.20 Å². The van der Waals surface area contributed by atoms with E-state index in [4.69, 9.17) is 9.47 Å². The molecule has 8 nitrogen and oxygen atoms in total. The number of hydrogen-bond acceptors (Lipinski definition) is 5. The van der Waals surface area contributed by atoms with Crippen molar-refractivity contribution in [3.8, 4) is 5.88 Å². The number of amides is 2. The Morgan fingerprint density at radius 2 is 2.36 bits per heavy atom. The molecule has 2 rings (SSSR count). The third-order valence-electron chi connectivity index (χ3n) is 3.50. The molecule has 0 aliphatic carbocycles. The van der Waals surface area contributed by atoms with Crippen LogP contribution >= 0.6 is 0 Å². The maximum absolute atomic E-state index is 12.3. The van der Waals surface area contributed by atoms with Crippen LogP contribution in [0.25, 0.3) is 0 Å². The fraction of sp³-hybridized carbons (Fsp3) is 0.643. The van der Waals surface area contributed by atoms with E-state index >= 15 is 0 Å². The summed E-state index contributed by atoms with van der Waals surface area (Å²) >= 11 is 0. The van der Waals surface area contributed by atoms with Gasteiger partial charge in [-0.3, -0.25) is 14.3 Å². The summed E-state index contributed by atoms with van der Waals surface area (Å²) in [6.07, 6.45) is 3.65. The van der Waals surface area contributed by atoms with Crippen LogP contribution in [-0.2, 0) is 16.6 Å². The molecule has 2 heterocycles. The lowest BCUT2D eigenvalue weighted by Crippen LogP contribution is -2.40. The predicted octanol–water partition coefficient (Wildman–Crippen LogP) is -0.204.